The Labute approximate surface area is 121 Å². The number of rotatable bonds is 3. The topological polar surface area (TPSA) is 64.3 Å². The highest BCUT2D eigenvalue weighted by Crippen LogP contribution is 2.31. The molecule has 0 bridgehead atoms. The number of carbonyl (C=O) groups is 1. The Kier molecular flexibility index (Phi) is 4.30. The second-order valence-electron chi connectivity index (χ2n) is 5.18. The maximum atomic E-state index is 11.6. The van der Waals surface area contributed by atoms with E-state index >= 15 is 0 Å². The lowest BCUT2D eigenvalue weighted by Gasteiger charge is -2.32. The number of nitrogens with zero attached hydrogens (tertiary/aromatic N) is 2. The number of ether oxygens (including phenoxy) is 1. The fraction of sp³-hybridized carbons (Fsp3) is 0.692. The van der Waals surface area contributed by atoms with Crippen molar-refractivity contribution in [2.24, 2.45) is 0 Å². The van der Waals surface area contributed by atoms with Gasteiger partial charge in [-0.15, -0.1) is 0 Å². The van der Waals surface area contributed by atoms with E-state index < -0.39 is 11.6 Å². The first-order valence-corrected chi connectivity index (χ1v) is 7.30. The third-order valence-corrected chi connectivity index (χ3v) is 4.69. The van der Waals surface area contributed by atoms with Gasteiger partial charge in [-0.25, -0.2) is 4.79 Å². The van der Waals surface area contributed by atoms with Crippen LogP contribution < -0.4 is 0 Å². The van der Waals surface area contributed by atoms with Crippen LogP contribution in [0, 0.1) is 6.92 Å². The minimum Gasteiger partial charge on any atom is -0.464 e. The summed E-state index contributed by atoms with van der Waals surface area (Å²) >= 11 is 3.36. The van der Waals surface area contributed by atoms with Crippen molar-refractivity contribution in [1.82, 2.24) is 9.78 Å². The number of methoxy groups -OCH3 is 1. The van der Waals surface area contributed by atoms with Crippen molar-refractivity contribution in [2.45, 2.75) is 51.2 Å². The van der Waals surface area contributed by atoms with Gasteiger partial charge in [0.1, 0.15) is 0 Å². The normalized spacial score (nSPS) is 18.3. The van der Waals surface area contributed by atoms with Gasteiger partial charge in [0.05, 0.1) is 29.4 Å². The number of aliphatic hydroxyl groups is 1. The zero-order chi connectivity index (χ0) is 14.0. The summed E-state index contributed by atoms with van der Waals surface area (Å²) in [4.78, 5) is 11.6. The molecule has 1 aliphatic carbocycles. The second-order valence-corrected chi connectivity index (χ2v) is 5.98. The number of aromatic nitrogens is 2. The molecule has 0 unspecified atom stereocenters. The maximum Gasteiger partial charge on any atom is 0.359 e. The van der Waals surface area contributed by atoms with E-state index in [2.05, 4.69) is 21.0 Å². The summed E-state index contributed by atoms with van der Waals surface area (Å²) in [5.41, 5.74) is 0.390. The van der Waals surface area contributed by atoms with Gasteiger partial charge in [0.25, 0.3) is 0 Å². The van der Waals surface area contributed by atoms with Crippen LogP contribution in [0.4, 0.5) is 0 Å². The van der Waals surface area contributed by atoms with Gasteiger partial charge in [-0.2, -0.15) is 5.10 Å². The molecule has 1 saturated carbocycles. The van der Waals surface area contributed by atoms with E-state index in [1.807, 2.05) is 6.92 Å². The van der Waals surface area contributed by atoms with Crippen molar-refractivity contribution in [1.29, 1.82) is 0 Å². The van der Waals surface area contributed by atoms with Crippen molar-refractivity contribution in [2.75, 3.05) is 7.11 Å². The van der Waals surface area contributed by atoms with Crippen LogP contribution in [0.15, 0.2) is 4.47 Å². The predicted molar refractivity (Wildman–Crippen MR) is 74.0 cm³/mol. The molecule has 106 valence electrons. The smallest absolute Gasteiger partial charge is 0.359 e. The first-order valence-electron chi connectivity index (χ1n) is 6.50. The fourth-order valence-corrected chi connectivity index (χ4v) is 3.00. The molecule has 1 aromatic rings. The molecule has 0 saturated heterocycles. The Morgan fingerprint density at radius 2 is 2.11 bits per heavy atom. The van der Waals surface area contributed by atoms with Gasteiger partial charge in [-0.05, 0) is 35.7 Å². The van der Waals surface area contributed by atoms with Gasteiger partial charge in [-0.1, -0.05) is 19.3 Å². The molecule has 1 aromatic heterocycles. The van der Waals surface area contributed by atoms with Crippen LogP contribution in [0.25, 0.3) is 0 Å². The van der Waals surface area contributed by atoms with E-state index in [1.54, 1.807) is 4.68 Å². The fourth-order valence-electron chi connectivity index (χ4n) is 2.55. The highest BCUT2D eigenvalue weighted by Gasteiger charge is 2.31. The molecule has 1 aliphatic rings. The molecule has 1 N–H and O–H groups in total. The molecule has 0 amide bonds. The first-order chi connectivity index (χ1) is 8.97. The zero-order valence-corrected chi connectivity index (χ0v) is 12.9. The molecule has 0 spiro atoms. The highest BCUT2D eigenvalue weighted by molar-refractivity contribution is 9.10. The maximum absolute atomic E-state index is 11.6. The van der Waals surface area contributed by atoms with Crippen molar-refractivity contribution in [3.05, 3.63) is 15.9 Å². The molecule has 2 rings (SSSR count). The van der Waals surface area contributed by atoms with Gasteiger partial charge in [0.2, 0.25) is 0 Å². The first kappa shape index (κ1) is 14.5. The second kappa shape index (κ2) is 5.63. The van der Waals surface area contributed by atoms with Crippen molar-refractivity contribution < 1.29 is 14.6 Å². The van der Waals surface area contributed by atoms with Crippen LogP contribution in [0.2, 0.25) is 0 Å². The lowest BCUT2D eigenvalue weighted by atomic mass is 9.85. The largest absolute Gasteiger partial charge is 0.464 e. The summed E-state index contributed by atoms with van der Waals surface area (Å²) in [7, 11) is 1.33. The van der Waals surface area contributed by atoms with E-state index in [0.717, 1.165) is 31.4 Å². The molecule has 6 heteroatoms. The molecular weight excluding hydrogens is 312 g/mol. The summed E-state index contributed by atoms with van der Waals surface area (Å²) in [5, 5.41) is 14.8. The van der Waals surface area contributed by atoms with Crippen LogP contribution >= 0.6 is 15.9 Å². The lowest BCUT2D eigenvalue weighted by molar-refractivity contribution is -0.0149. The van der Waals surface area contributed by atoms with Gasteiger partial charge in [-0.3, -0.25) is 4.68 Å². The average molecular weight is 331 g/mol. The third kappa shape index (κ3) is 3.00. The molecule has 1 fully saturated rings. The van der Waals surface area contributed by atoms with Crippen molar-refractivity contribution in [3.8, 4) is 0 Å². The number of carbonyl (C=O) groups excluding carboxylic acids is 1. The standard InChI is InChI=1S/C13H19BrN2O3/c1-9-10(14)11(12(17)19-2)15-16(9)8-13(18)6-4-3-5-7-13/h18H,3-8H2,1-2H3. The van der Waals surface area contributed by atoms with Crippen LogP contribution in [-0.4, -0.2) is 33.6 Å². The molecular formula is C13H19BrN2O3. The minimum atomic E-state index is -0.706. The highest BCUT2D eigenvalue weighted by atomic mass is 79.9. The number of halogens is 1. The van der Waals surface area contributed by atoms with E-state index in [0.29, 0.717) is 11.0 Å². The summed E-state index contributed by atoms with van der Waals surface area (Å²) in [5.74, 6) is -0.468. The Bertz CT molecular complexity index is 478. The SMILES string of the molecule is COC(=O)c1nn(CC2(O)CCCCC2)c(C)c1Br. The average Bonchev–Trinajstić information content (AvgIpc) is 2.67. The summed E-state index contributed by atoms with van der Waals surface area (Å²) in [6.07, 6.45) is 4.84. The van der Waals surface area contributed by atoms with Crippen molar-refractivity contribution >= 4 is 21.9 Å². The van der Waals surface area contributed by atoms with E-state index in [1.165, 1.54) is 13.5 Å². The lowest BCUT2D eigenvalue weighted by Crippen LogP contribution is -2.37. The van der Waals surface area contributed by atoms with Gasteiger partial charge in [0.15, 0.2) is 5.69 Å². The third-order valence-electron chi connectivity index (χ3n) is 3.74. The van der Waals surface area contributed by atoms with Crippen molar-refractivity contribution in [3.63, 3.8) is 0 Å². The van der Waals surface area contributed by atoms with Gasteiger partial charge >= 0.3 is 5.97 Å². The molecule has 5 nitrogen and oxygen atoms in total. The van der Waals surface area contributed by atoms with Gasteiger partial charge < -0.3 is 9.84 Å². The van der Waals surface area contributed by atoms with E-state index in [4.69, 9.17) is 4.74 Å². The molecule has 1 heterocycles. The Balaban J connectivity index is 2.23. The number of esters is 1. The minimum absolute atomic E-state index is 0.263. The summed E-state index contributed by atoms with van der Waals surface area (Å²) in [6, 6.07) is 0. The molecule has 0 radical (unpaired) electrons. The van der Waals surface area contributed by atoms with Gasteiger partial charge in [0, 0.05) is 0 Å². The molecule has 0 aromatic carbocycles. The summed E-state index contributed by atoms with van der Waals surface area (Å²) < 4.78 is 7.03. The molecule has 19 heavy (non-hydrogen) atoms. The quantitative estimate of drug-likeness (QED) is 0.864. The monoisotopic (exact) mass is 330 g/mol. The summed E-state index contributed by atoms with van der Waals surface area (Å²) in [6.45, 7) is 2.30. The number of hydrogen-bond donors (Lipinski definition) is 1. The van der Waals surface area contributed by atoms with Crippen LogP contribution in [0.3, 0.4) is 0 Å². The Morgan fingerprint density at radius 3 is 2.68 bits per heavy atom. The van der Waals surface area contributed by atoms with Crippen LogP contribution in [0.1, 0.15) is 48.3 Å². The predicted octanol–water partition coefficient (Wildman–Crippen LogP) is 2.44. The Morgan fingerprint density at radius 1 is 1.47 bits per heavy atom. The van der Waals surface area contributed by atoms with E-state index in [9.17, 15) is 9.90 Å². The molecule has 0 aliphatic heterocycles. The number of hydrogen-bond acceptors (Lipinski definition) is 4. The Hall–Kier alpha value is -0.880. The van der Waals surface area contributed by atoms with Crippen LogP contribution in [-0.2, 0) is 11.3 Å². The molecule has 0 atom stereocenters. The van der Waals surface area contributed by atoms with Crippen LogP contribution in [0.5, 0.6) is 0 Å². The van der Waals surface area contributed by atoms with E-state index in [-0.39, 0.29) is 5.69 Å². The zero-order valence-electron chi connectivity index (χ0n) is 11.3.